The topological polar surface area (TPSA) is 29.5 Å². The Kier molecular flexibility index (Phi) is 3.91. The molecule has 0 aromatic heterocycles. The number of para-hydroxylation sites is 1. The average molecular weight is 256 g/mol. The summed E-state index contributed by atoms with van der Waals surface area (Å²) in [7, 11) is 1.63. The van der Waals surface area contributed by atoms with Gasteiger partial charge in [0.25, 0.3) is 0 Å². The minimum atomic E-state index is -0.656. The molecule has 0 aliphatic heterocycles. The molecule has 1 unspecified atom stereocenters. The van der Waals surface area contributed by atoms with Crippen molar-refractivity contribution in [3.05, 3.63) is 64.2 Å². The molecule has 1 atom stereocenters. The fourth-order valence-corrected chi connectivity index (χ4v) is 2.67. The first kappa shape index (κ1) is 13.6. The van der Waals surface area contributed by atoms with Gasteiger partial charge in [0.2, 0.25) is 0 Å². The molecule has 0 saturated heterocycles. The SMILES string of the molecule is COc1ccccc1C(O)c1c(C)cc(C)cc1C. The highest BCUT2D eigenvalue weighted by Crippen LogP contribution is 2.33. The van der Waals surface area contributed by atoms with Gasteiger partial charge in [-0.25, -0.2) is 0 Å². The smallest absolute Gasteiger partial charge is 0.125 e. The van der Waals surface area contributed by atoms with Crippen LogP contribution in [0, 0.1) is 20.8 Å². The first-order chi connectivity index (χ1) is 9.04. The molecule has 0 radical (unpaired) electrons. The van der Waals surface area contributed by atoms with Crippen LogP contribution in [0.25, 0.3) is 0 Å². The Labute approximate surface area is 114 Å². The summed E-state index contributed by atoms with van der Waals surface area (Å²) in [4.78, 5) is 0. The van der Waals surface area contributed by atoms with Crippen LogP contribution in [0.5, 0.6) is 5.75 Å². The summed E-state index contributed by atoms with van der Waals surface area (Å²) >= 11 is 0. The van der Waals surface area contributed by atoms with Gasteiger partial charge in [-0.2, -0.15) is 0 Å². The number of hydrogen-bond donors (Lipinski definition) is 1. The van der Waals surface area contributed by atoms with E-state index >= 15 is 0 Å². The zero-order valence-electron chi connectivity index (χ0n) is 11.9. The van der Waals surface area contributed by atoms with Gasteiger partial charge in [-0.15, -0.1) is 0 Å². The van der Waals surface area contributed by atoms with E-state index in [0.29, 0.717) is 0 Å². The molecule has 0 bridgehead atoms. The van der Waals surface area contributed by atoms with Gasteiger partial charge in [-0.05, 0) is 43.5 Å². The first-order valence-electron chi connectivity index (χ1n) is 6.43. The van der Waals surface area contributed by atoms with Gasteiger partial charge in [0.15, 0.2) is 0 Å². The van der Waals surface area contributed by atoms with Crippen LogP contribution in [-0.2, 0) is 0 Å². The zero-order valence-corrected chi connectivity index (χ0v) is 11.9. The molecule has 100 valence electrons. The highest BCUT2D eigenvalue weighted by atomic mass is 16.5. The second kappa shape index (κ2) is 5.45. The molecular weight excluding hydrogens is 236 g/mol. The summed E-state index contributed by atoms with van der Waals surface area (Å²) in [5.74, 6) is 0.717. The molecule has 2 nitrogen and oxygen atoms in total. The highest BCUT2D eigenvalue weighted by molar-refractivity contribution is 5.46. The summed E-state index contributed by atoms with van der Waals surface area (Å²) in [6.45, 7) is 6.14. The second-order valence-electron chi connectivity index (χ2n) is 4.96. The number of rotatable bonds is 3. The molecule has 2 aromatic carbocycles. The maximum Gasteiger partial charge on any atom is 0.125 e. The molecular formula is C17H20O2. The molecule has 19 heavy (non-hydrogen) atoms. The average Bonchev–Trinajstić information content (AvgIpc) is 2.37. The van der Waals surface area contributed by atoms with Crippen LogP contribution < -0.4 is 4.74 Å². The molecule has 1 N–H and O–H groups in total. The molecule has 2 rings (SSSR count). The van der Waals surface area contributed by atoms with Crippen LogP contribution in [0.1, 0.15) is 33.9 Å². The van der Waals surface area contributed by atoms with Gasteiger partial charge in [0, 0.05) is 5.56 Å². The normalized spacial score (nSPS) is 12.3. The zero-order chi connectivity index (χ0) is 14.0. The van der Waals surface area contributed by atoms with E-state index in [2.05, 4.69) is 19.1 Å². The van der Waals surface area contributed by atoms with E-state index in [1.54, 1.807) is 7.11 Å². The number of methoxy groups -OCH3 is 1. The number of aliphatic hydroxyl groups excluding tert-OH is 1. The molecule has 0 amide bonds. The lowest BCUT2D eigenvalue weighted by atomic mass is 9.91. The summed E-state index contributed by atoms with van der Waals surface area (Å²) in [6.07, 6.45) is -0.656. The number of benzene rings is 2. The standard InChI is InChI=1S/C17H20O2/c1-11-9-12(2)16(13(3)10-11)17(18)14-7-5-6-8-15(14)19-4/h5-10,17-18H,1-4H3. The van der Waals surface area contributed by atoms with Crippen molar-refractivity contribution in [1.82, 2.24) is 0 Å². The van der Waals surface area contributed by atoms with Crippen molar-refractivity contribution < 1.29 is 9.84 Å². The van der Waals surface area contributed by atoms with E-state index in [4.69, 9.17) is 4.74 Å². The lowest BCUT2D eigenvalue weighted by Crippen LogP contribution is -2.06. The molecule has 0 fully saturated rings. The third-order valence-electron chi connectivity index (χ3n) is 3.44. The third kappa shape index (κ3) is 2.64. The Balaban J connectivity index is 2.53. The van der Waals surface area contributed by atoms with Gasteiger partial charge >= 0.3 is 0 Å². The summed E-state index contributed by atoms with van der Waals surface area (Å²) in [5, 5.41) is 10.7. The molecule has 2 aromatic rings. The van der Waals surface area contributed by atoms with Crippen LogP contribution in [0.2, 0.25) is 0 Å². The van der Waals surface area contributed by atoms with E-state index in [9.17, 15) is 5.11 Å². The Morgan fingerprint density at radius 3 is 2.16 bits per heavy atom. The van der Waals surface area contributed by atoms with Gasteiger partial charge in [-0.3, -0.25) is 0 Å². The Bertz CT molecular complexity index is 565. The summed E-state index contributed by atoms with van der Waals surface area (Å²) < 4.78 is 5.33. The molecule has 0 aliphatic rings. The summed E-state index contributed by atoms with van der Waals surface area (Å²) in [6, 6.07) is 11.8. The second-order valence-corrected chi connectivity index (χ2v) is 4.96. The Morgan fingerprint density at radius 2 is 1.58 bits per heavy atom. The van der Waals surface area contributed by atoms with Crippen LogP contribution in [0.4, 0.5) is 0 Å². The molecule has 0 heterocycles. The van der Waals surface area contributed by atoms with E-state index in [0.717, 1.165) is 28.0 Å². The van der Waals surface area contributed by atoms with E-state index < -0.39 is 6.10 Å². The lowest BCUT2D eigenvalue weighted by molar-refractivity contribution is 0.213. The quantitative estimate of drug-likeness (QED) is 0.907. The number of hydrogen-bond acceptors (Lipinski definition) is 2. The van der Waals surface area contributed by atoms with Crippen molar-refractivity contribution in [1.29, 1.82) is 0 Å². The van der Waals surface area contributed by atoms with E-state index in [-0.39, 0.29) is 0 Å². The Hall–Kier alpha value is -1.80. The number of aliphatic hydroxyl groups is 1. The predicted molar refractivity (Wildman–Crippen MR) is 77.7 cm³/mol. The van der Waals surface area contributed by atoms with Crippen LogP contribution in [-0.4, -0.2) is 12.2 Å². The van der Waals surface area contributed by atoms with Crippen molar-refractivity contribution in [2.45, 2.75) is 26.9 Å². The maximum atomic E-state index is 10.7. The van der Waals surface area contributed by atoms with E-state index in [1.165, 1.54) is 5.56 Å². The van der Waals surface area contributed by atoms with Crippen molar-refractivity contribution in [2.24, 2.45) is 0 Å². The number of aryl methyl sites for hydroxylation is 3. The minimum absolute atomic E-state index is 0.656. The largest absolute Gasteiger partial charge is 0.496 e. The molecule has 2 heteroatoms. The van der Waals surface area contributed by atoms with Gasteiger partial charge < -0.3 is 9.84 Å². The minimum Gasteiger partial charge on any atom is -0.496 e. The monoisotopic (exact) mass is 256 g/mol. The number of ether oxygens (including phenoxy) is 1. The Morgan fingerprint density at radius 1 is 1.00 bits per heavy atom. The van der Waals surface area contributed by atoms with Crippen molar-refractivity contribution >= 4 is 0 Å². The lowest BCUT2D eigenvalue weighted by Gasteiger charge is -2.19. The van der Waals surface area contributed by atoms with Gasteiger partial charge in [-0.1, -0.05) is 35.9 Å². The molecule has 0 aliphatic carbocycles. The fraction of sp³-hybridized carbons (Fsp3) is 0.294. The molecule has 0 saturated carbocycles. The van der Waals surface area contributed by atoms with Crippen LogP contribution in [0.3, 0.4) is 0 Å². The van der Waals surface area contributed by atoms with Gasteiger partial charge in [0.05, 0.1) is 7.11 Å². The van der Waals surface area contributed by atoms with Crippen molar-refractivity contribution in [3.8, 4) is 5.75 Å². The van der Waals surface area contributed by atoms with Gasteiger partial charge in [0.1, 0.15) is 11.9 Å². The highest BCUT2D eigenvalue weighted by Gasteiger charge is 2.18. The molecule has 0 spiro atoms. The third-order valence-corrected chi connectivity index (χ3v) is 3.44. The van der Waals surface area contributed by atoms with Crippen molar-refractivity contribution in [3.63, 3.8) is 0 Å². The van der Waals surface area contributed by atoms with Crippen molar-refractivity contribution in [2.75, 3.05) is 7.11 Å². The maximum absolute atomic E-state index is 10.7. The fourth-order valence-electron chi connectivity index (χ4n) is 2.67. The summed E-state index contributed by atoms with van der Waals surface area (Å²) in [5.41, 5.74) is 5.20. The van der Waals surface area contributed by atoms with E-state index in [1.807, 2.05) is 38.1 Å². The predicted octanol–water partition coefficient (Wildman–Crippen LogP) is 3.70. The van der Waals surface area contributed by atoms with Crippen LogP contribution >= 0.6 is 0 Å². The van der Waals surface area contributed by atoms with Crippen LogP contribution in [0.15, 0.2) is 36.4 Å². The first-order valence-corrected chi connectivity index (χ1v) is 6.43.